The zero-order valence-corrected chi connectivity index (χ0v) is 17.9. The van der Waals surface area contributed by atoms with Crippen LogP contribution in [0.5, 0.6) is 0 Å². The van der Waals surface area contributed by atoms with Crippen LogP contribution in [0.4, 0.5) is 21.5 Å². The molecule has 0 aliphatic heterocycles. The van der Waals surface area contributed by atoms with Crippen molar-refractivity contribution < 1.29 is 26.5 Å². The van der Waals surface area contributed by atoms with Crippen molar-refractivity contribution in [2.24, 2.45) is 17.3 Å². The van der Waals surface area contributed by atoms with Crippen LogP contribution in [0, 0.1) is 10.1 Å². The van der Waals surface area contributed by atoms with Crippen molar-refractivity contribution in [3.8, 4) is 0 Å². The van der Waals surface area contributed by atoms with Gasteiger partial charge in [-0.3, -0.25) is 10.1 Å². The van der Waals surface area contributed by atoms with Crippen molar-refractivity contribution in [3.05, 3.63) is 59.3 Å². The molecule has 0 aliphatic carbocycles. The van der Waals surface area contributed by atoms with Crippen molar-refractivity contribution >= 4 is 32.8 Å². The normalized spacial score (nSPS) is 10.8. The van der Waals surface area contributed by atoms with E-state index in [0.29, 0.717) is 5.69 Å². The zero-order chi connectivity index (χ0) is 19.2. The summed E-state index contributed by atoms with van der Waals surface area (Å²) >= 11 is 0.895. The number of imidazole rings is 1. The molecule has 9 nitrogen and oxygen atoms in total. The second kappa shape index (κ2) is 10.0. The molecule has 0 N–H and O–H groups in total. The minimum Gasteiger partial charge on any atom is -1.00 e. The van der Waals surface area contributed by atoms with Crippen LogP contribution in [-0.4, -0.2) is 27.6 Å². The summed E-state index contributed by atoms with van der Waals surface area (Å²) in [5.41, 5.74) is 1.78. The smallest absolute Gasteiger partial charge is 0.345 e. The quantitative estimate of drug-likeness (QED) is 0.211. The highest BCUT2D eigenvalue weighted by molar-refractivity contribution is 7.18. The van der Waals surface area contributed by atoms with Crippen molar-refractivity contribution in [2.75, 3.05) is 18.0 Å². The van der Waals surface area contributed by atoms with Crippen LogP contribution in [0.2, 0.25) is 0 Å². The topological polar surface area (TPSA) is 92.8 Å². The number of halogens is 1. The molecular weight excluding hydrogens is 446 g/mol. The van der Waals surface area contributed by atoms with Gasteiger partial charge in [-0.2, -0.15) is 0 Å². The molecule has 148 valence electrons. The summed E-state index contributed by atoms with van der Waals surface area (Å²) in [5.74, 6) is 0. The molecule has 0 radical (unpaired) electrons. The molecule has 2 aromatic heterocycles. The minimum atomic E-state index is -0.488. The van der Waals surface area contributed by atoms with Gasteiger partial charge in [0.05, 0.1) is 24.2 Å². The van der Waals surface area contributed by atoms with Crippen LogP contribution in [-0.2, 0) is 13.6 Å². The van der Waals surface area contributed by atoms with Crippen LogP contribution in [0.25, 0.3) is 0 Å². The first kappa shape index (κ1) is 21.6. The lowest BCUT2D eigenvalue weighted by atomic mass is 10.2. The standard InChI is InChI=1S/C17H20N7O2S.BrH/c1-3-23(11-10-22-9-8-21(2)13-22)15-6-4-14(5-7-15)19-20-17-18-12-16(27-17)24(25)26;/h4-9,12-13H,3,10-11H2,1-2H3;1H/q+1;/p-1. The number of rotatable bonds is 8. The summed E-state index contributed by atoms with van der Waals surface area (Å²) in [6.45, 7) is 4.82. The highest BCUT2D eigenvalue weighted by atomic mass is 79.9. The fraction of sp³-hybridized carbons (Fsp3) is 0.294. The highest BCUT2D eigenvalue weighted by Gasteiger charge is 2.11. The van der Waals surface area contributed by atoms with Gasteiger partial charge < -0.3 is 21.9 Å². The summed E-state index contributed by atoms with van der Waals surface area (Å²) in [6, 6.07) is 7.74. The van der Waals surface area contributed by atoms with Crippen molar-refractivity contribution in [1.29, 1.82) is 0 Å². The van der Waals surface area contributed by atoms with Crippen LogP contribution in [0.1, 0.15) is 6.92 Å². The Labute approximate surface area is 176 Å². The second-order valence-electron chi connectivity index (χ2n) is 5.85. The fourth-order valence-corrected chi connectivity index (χ4v) is 3.11. The third kappa shape index (κ3) is 5.67. The Bertz CT molecular complexity index is 939. The molecule has 2 heterocycles. The number of azo groups is 1. The SMILES string of the molecule is CCN(CCn1cc[n+](C)c1)c1ccc(N=Nc2ncc([N+](=O)[O-])s2)cc1.[Br-]. The molecule has 0 aliphatic rings. The van der Waals surface area contributed by atoms with Gasteiger partial charge in [0.25, 0.3) is 0 Å². The van der Waals surface area contributed by atoms with E-state index in [2.05, 4.69) is 44.1 Å². The molecule has 0 spiro atoms. The van der Waals surface area contributed by atoms with Gasteiger partial charge in [0.15, 0.2) is 0 Å². The van der Waals surface area contributed by atoms with E-state index in [1.165, 1.54) is 6.20 Å². The van der Waals surface area contributed by atoms with Crippen molar-refractivity contribution in [3.63, 3.8) is 0 Å². The molecule has 3 aromatic rings. The molecule has 0 saturated heterocycles. The van der Waals surface area contributed by atoms with E-state index in [4.69, 9.17) is 0 Å². The molecule has 1 aromatic carbocycles. The van der Waals surface area contributed by atoms with E-state index in [1.54, 1.807) is 0 Å². The van der Waals surface area contributed by atoms with Gasteiger partial charge in [-0.1, -0.05) is 0 Å². The fourth-order valence-electron chi connectivity index (χ4n) is 2.56. The first-order chi connectivity index (χ1) is 13.0. The number of likely N-dealkylation sites (N-methyl/N-ethyl adjacent to an activating group) is 1. The first-order valence-corrected chi connectivity index (χ1v) is 9.25. The monoisotopic (exact) mass is 465 g/mol. The number of aromatic nitrogens is 3. The number of hydrogen-bond donors (Lipinski definition) is 0. The van der Waals surface area contributed by atoms with Crippen LogP contribution < -0.4 is 26.4 Å². The van der Waals surface area contributed by atoms with Crippen molar-refractivity contribution in [1.82, 2.24) is 9.55 Å². The minimum absolute atomic E-state index is 0. The van der Waals surface area contributed by atoms with E-state index >= 15 is 0 Å². The Morgan fingerprint density at radius 2 is 2.07 bits per heavy atom. The van der Waals surface area contributed by atoms with Gasteiger partial charge in [0.1, 0.15) is 25.1 Å². The number of nitro groups is 1. The van der Waals surface area contributed by atoms with Gasteiger partial charge >= 0.3 is 5.00 Å². The predicted molar refractivity (Wildman–Crippen MR) is 103 cm³/mol. The molecule has 0 unspecified atom stereocenters. The van der Waals surface area contributed by atoms with Crippen LogP contribution in [0.3, 0.4) is 0 Å². The Morgan fingerprint density at radius 3 is 2.64 bits per heavy atom. The Kier molecular flexibility index (Phi) is 7.76. The van der Waals surface area contributed by atoms with Gasteiger partial charge in [0.2, 0.25) is 11.5 Å². The number of hydrogen-bond acceptors (Lipinski definition) is 7. The van der Waals surface area contributed by atoms with E-state index in [-0.39, 0.29) is 27.1 Å². The molecule has 0 saturated carbocycles. The van der Waals surface area contributed by atoms with E-state index in [9.17, 15) is 10.1 Å². The molecule has 0 fully saturated rings. The number of thiazole rings is 1. The number of benzene rings is 1. The highest BCUT2D eigenvalue weighted by Crippen LogP contribution is 2.29. The molecule has 0 atom stereocenters. The predicted octanol–water partition coefficient (Wildman–Crippen LogP) is 0.623. The summed E-state index contributed by atoms with van der Waals surface area (Å²) in [6.07, 6.45) is 7.32. The van der Waals surface area contributed by atoms with E-state index < -0.39 is 4.92 Å². The maximum atomic E-state index is 10.7. The van der Waals surface area contributed by atoms with Gasteiger partial charge in [-0.15, -0.1) is 10.2 Å². The maximum absolute atomic E-state index is 10.7. The van der Waals surface area contributed by atoms with Gasteiger partial charge in [-0.25, -0.2) is 14.1 Å². The third-order valence-corrected chi connectivity index (χ3v) is 4.79. The van der Waals surface area contributed by atoms with E-state index in [1.807, 2.05) is 42.1 Å². The summed E-state index contributed by atoms with van der Waals surface area (Å²) in [4.78, 5) is 16.3. The molecule has 0 amide bonds. The van der Waals surface area contributed by atoms with E-state index in [0.717, 1.165) is 36.7 Å². The lowest BCUT2D eigenvalue weighted by Gasteiger charge is -2.22. The maximum Gasteiger partial charge on any atom is 0.345 e. The van der Waals surface area contributed by atoms with Gasteiger partial charge in [-0.05, 0) is 42.5 Å². The van der Waals surface area contributed by atoms with Crippen LogP contribution in [0.15, 0.2) is 59.4 Å². The number of anilines is 1. The summed E-state index contributed by atoms with van der Waals surface area (Å²) in [5, 5.41) is 18.9. The Balaban J connectivity index is 0.00000280. The molecule has 0 bridgehead atoms. The number of nitrogens with zero attached hydrogens (tertiary/aromatic N) is 7. The molecule has 3 rings (SSSR count). The zero-order valence-electron chi connectivity index (χ0n) is 15.5. The Hall–Kier alpha value is -2.66. The average Bonchev–Trinajstić information content (AvgIpc) is 3.30. The second-order valence-corrected chi connectivity index (χ2v) is 6.84. The third-order valence-electron chi connectivity index (χ3n) is 3.96. The van der Waals surface area contributed by atoms with Gasteiger partial charge in [0, 0.05) is 12.2 Å². The average molecular weight is 466 g/mol. The first-order valence-electron chi connectivity index (χ1n) is 8.43. The largest absolute Gasteiger partial charge is 1.00 e. The summed E-state index contributed by atoms with van der Waals surface area (Å²) in [7, 11) is 2.01. The van der Waals surface area contributed by atoms with Crippen molar-refractivity contribution in [2.45, 2.75) is 13.5 Å². The lowest BCUT2D eigenvalue weighted by molar-refractivity contribution is -0.671. The summed E-state index contributed by atoms with van der Waals surface area (Å²) < 4.78 is 4.17. The molecular formula is C17H20BrN7O2S. The molecule has 11 heteroatoms. The number of aryl methyl sites for hydroxylation is 1. The lowest BCUT2D eigenvalue weighted by Crippen LogP contribution is -3.00. The Morgan fingerprint density at radius 1 is 1.32 bits per heavy atom. The van der Waals surface area contributed by atoms with Crippen LogP contribution >= 0.6 is 11.3 Å². The molecule has 28 heavy (non-hydrogen) atoms.